The smallest absolute Gasteiger partial charge is 0.244 e. The Balaban J connectivity index is 1.55. The third kappa shape index (κ3) is 5.90. The van der Waals surface area contributed by atoms with Gasteiger partial charge in [0.15, 0.2) is 0 Å². The first-order valence-electron chi connectivity index (χ1n) is 11.9. The lowest BCUT2D eigenvalue weighted by molar-refractivity contribution is -0.131. The summed E-state index contributed by atoms with van der Waals surface area (Å²) in [5.74, 6) is -0.866. The van der Waals surface area contributed by atoms with Gasteiger partial charge in [0, 0.05) is 29.9 Å². The van der Waals surface area contributed by atoms with Crippen LogP contribution < -0.4 is 21.7 Å². The number of nitrogens with two attached hydrogens (primary N) is 1. The standard InChI is InChI=1S/C28H31N5O3/c1-28(2,29)27(36)32-24(15-21-16-30-23-10-6-5-9-22(21)23)26(35)33-25(31-17-34)14-18-11-12-19-7-3-4-8-20(19)13-18/h3-13,16-17,24-25,30H,14-15,29H2,1-2H3,(H,31,34)(H,32,36)(H,33,35)/t24-,25-/m1/s1. The predicted octanol–water partition coefficient (Wildman–Crippen LogP) is 2.52. The van der Waals surface area contributed by atoms with E-state index in [1.807, 2.05) is 72.9 Å². The van der Waals surface area contributed by atoms with Crippen molar-refractivity contribution in [2.45, 2.75) is 44.4 Å². The molecule has 0 aliphatic heterocycles. The number of fused-ring (bicyclic) bond motifs is 2. The molecule has 0 saturated carbocycles. The van der Waals surface area contributed by atoms with Crippen molar-refractivity contribution in [2.24, 2.45) is 5.73 Å². The lowest BCUT2D eigenvalue weighted by Crippen LogP contribution is -2.59. The fourth-order valence-electron chi connectivity index (χ4n) is 4.18. The van der Waals surface area contributed by atoms with Crippen LogP contribution in [0.25, 0.3) is 21.7 Å². The molecule has 3 aromatic carbocycles. The van der Waals surface area contributed by atoms with Gasteiger partial charge in [-0.1, -0.05) is 60.7 Å². The molecule has 8 nitrogen and oxygen atoms in total. The number of benzene rings is 3. The third-order valence-corrected chi connectivity index (χ3v) is 6.15. The number of para-hydroxylation sites is 1. The second-order valence-corrected chi connectivity index (χ2v) is 9.54. The number of hydrogen-bond acceptors (Lipinski definition) is 4. The molecule has 3 amide bonds. The number of aromatic nitrogens is 1. The van der Waals surface area contributed by atoms with Crippen molar-refractivity contribution in [3.63, 3.8) is 0 Å². The highest BCUT2D eigenvalue weighted by atomic mass is 16.2. The van der Waals surface area contributed by atoms with Crippen molar-refractivity contribution in [3.05, 3.63) is 84.1 Å². The Morgan fingerprint density at radius 2 is 1.69 bits per heavy atom. The second-order valence-electron chi connectivity index (χ2n) is 9.54. The molecule has 0 saturated heterocycles. The van der Waals surface area contributed by atoms with Crippen molar-refractivity contribution in [2.75, 3.05) is 0 Å². The maximum absolute atomic E-state index is 13.4. The lowest BCUT2D eigenvalue weighted by atomic mass is 10.0. The number of amides is 3. The fraction of sp³-hybridized carbons (Fsp3) is 0.250. The molecule has 36 heavy (non-hydrogen) atoms. The Morgan fingerprint density at radius 1 is 0.972 bits per heavy atom. The van der Waals surface area contributed by atoms with Crippen LogP contribution >= 0.6 is 0 Å². The van der Waals surface area contributed by atoms with E-state index in [0.717, 1.165) is 32.8 Å². The van der Waals surface area contributed by atoms with Crippen LogP contribution in [0.15, 0.2) is 72.9 Å². The molecule has 0 radical (unpaired) electrons. The van der Waals surface area contributed by atoms with E-state index in [2.05, 4.69) is 20.9 Å². The topological polar surface area (TPSA) is 129 Å². The van der Waals surface area contributed by atoms with E-state index in [1.165, 1.54) is 0 Å². The lowest BCUT2D eigenvalue weighted by Gasteiger charge is -2.26. The van der Waals surface area contributed by atoms with E-state index in [4.69, 9.17) is 5.73 Å². The van der Waals surface area contributed by atoms with Crippen LogP contribution in [-0.4, -0.2) is 41.0 Å². The highest BCUT2D eigenvalue weighted by molar-refractivity contribution is 5.92. The summed E-state index contributed by atoms with van der Waals surface area (Å²) in [5.41, 5.74) is 7.59. The van der Waals surface area contributed by atoms with Gasteiger partial charge in [-0.25, -0.2) is 0 Å². The molecule has 1 heterocycles. The normalized spacial score (nSPS) is 13.2. The molecule has 0 bridgehead atoms. The predicted molar refractivity (Wildman–Crippen MR) is 141 cm³/mol. The molecule has 186 valence electrons. The molecule has 0 aliphatic carbocycles. The number of carbonyl (C=O) groups is 3. The highest BCUT2D eigenvalue weighted by Gasteiger charge is 2.30. The van der Waals surface area contributed by atoms with Gasteiger partial charge in [-0.2, -0.15) is 0 Å². The molecule has 8 heteroatoms. The Kier molecular flexibility index (Phi) is 7.36. The van der Waals surface area contributed by atoms with E-state index >= 15 is 0 Å². The molecule has 4 rings (SSSR count). The fourth-order valence-corrected chi connectivity index (χ4v) is 4.18. The van der Waals surface area contributed by atoms with Gasteiger partial charge in [-0.05, 0) is 41.8 Å². The van der Waals surface area contributed by atoms with E-state index in [9.17, 15) is 14.4 Å². The summed E-state index contributed by atoms with van der Waals surface area (Å²) >= 11 is 0. The third-order valence-electron chi connectivity index (χ3n) is 6.15. The maximum Gasteiger partial charge on any atom is 0.244 e. The average molecular weight is 486 g/mol. The number of nitrogens with one attached hydrogen (secondary N) is 4. The van der Waals surface area contributed by atoms with E-state index in [-0.39, 0.29) is 6.42 Å². The highest BCUT2D eigenvalue weighted by Crippen LogP contribution is 2.20. The van der Waals surface area contributed by atoms with E-state index in [0.29, 0.717) is 12.8 Å². The Morgan fingerprint density at radius 3 is 2.44 bits per heavy atom. The minimum atomic E-state index is -1.16. The quantitative estimate of drug-likeness (QED) is 0.175. The molecule has 0 unspecified atom stereocenters. The van der Waals surface area contributed by atoms with Gasteiger partial charge in [-0.15, -0.1) is 0 Å². The van der Waals surface area contributed by atoms with Gasteiger partial charge in [0.05, 0.1) is 5.54 Å². The van der Waals surface area contributed by atoms with Crippen LogP contribution in [0.2, 0.25) is 0 Å². The first kappa shape index (κ1) is 24.9. The summed E-state index contributed by atoms with van der Waals surface area (Å²) < 4.78 is 0. The van der Waals surface area contributed by atoms with Gasteiger partial charge in [-0.3, -0.25) is 14.4 Å². The van der Waals surface area contributed by atoms with Gasteiger partial charge in [0.1, 0.15) is 12.2 Å². The molecular formula is C28H31N5O3. The van der Waals surface area contributed by atoms with E-state index < -0.39 is 29.6 Å². The zero-order valence-electron chi connectivity index (χ0n) is 20.4. The molecule has 4 aromatic rings. The van der Waals surface area contributed by atoms with Crippen LogP contribution in [0.3, 0.4) is 0 Å². The van der Waals surface area contributed by atoms with Crippen molar-refractivity contribution in [1.29, 1.82) is 0 Å². The van der Waals surface area contributed by atoms with Gasteiger partial charge >= 0.3 is 0 Å². The van der Waals surface area contributed by atoms with Gasteiger partial charge in [0.25, 0.3) is 0 Å². The van der Waals surface area contributed by atoms with Crippen LogP contribution in [0.5, 0.6) is 0 Å². The van der Waals surface area contributed by atoms with Crippen LogP contribution in [0.1, 0.15) is 25.0 Å². The zero-order valence-corrected chi connectivity index (χ0v) is 20.4. The Labute approximate surface area is 209 Å². The van der Waals surface area contributed by atoms with Gasteiger partial charge < -0.3 is 26.7 Å². The number of hydrogen-bond donors (Lipinski definition) is 5. The van der Waals surface area contributed by atoms with Crippen molar-refractivity contribution >= 4 is 39.9 Å². The number of aromatic amines is 1. The van der Waals surface area contributed by atoms with Gasteiger partial charge in [0.2, 0.25) is 18.2 Å². The number of rotatable bonds is 10. The number of carbonyl (C=O) groups excluding carboxylic acids is 3. The zero-order chi connectivity index (χ0) is 25.7. The first-order chi connectivity index (χ1) is 17.2. The van der Waals surface area contributed by atoms with Crippen molar-refractivity contribution in [1.82, 2.24) is 20.9 Å². The molecule has 2 atom stereocenters. The molecule has 0 aliphatic rings. The Hall–Kier alpha value is -4.17. The summed E-state index contributed by atoms with van der Waals surface area (Å²) in [4.78, 5) is 40.7. The second kappa shape index (κ2) is 10.6. The molecular weight excluding hydrogens is 454 g/mol. The largest absolute Gasteiger partial charge is 0.361 e. The minimum Gasteiger partial charge on any atom is -0.361 e. The SMILES string of the molecule is CC(C)(N)C(=O)N[C@H](Cc1c[nH]c2ccccc12)C(=O)N[C@H](Cc1ccc2ccccc2c1)NC=O. The van der Waals surface area contributed by atoms with Crippen LogP contribution in [0, 0.1) is 0 Å². The van der Waals surface area contributed by atoms with Crippen LogP contribution in [0.4, 0.5) is 0 Å². The van der Waals surface area contributed by atoms with Crippen molar-refractivity contribution < 1.29 is 14.4 Å². The first-order valence-corrected chi connectivity index (χ1v) is 11.9. The Bertz CT molecular complexity index is 1390. The average Bonchev–Trinajstić information content (AvgIpc) is 3.26. The molecule has 1 aromatic heterocycles. The summed E-state index contributed by atoms with van der Waals surface area (Å²) in [5, 5.41) is 11.5. The van der Waals surface area contributed by atoms with Crippen molar-refractivity contribution in [3.8, 4) is 0 Å². The molecule has 0 fully saturated rings. The summed E-state index contributed by atoms with van der Waals surface area (Å²) in [7, 11) is 0. The minimum absolute atomic E-state index is 0.251. The monoisotopic (exact) mass is 485 g/mol. The molecule has 6 N–H and O–H groups in total. The summed E-state index contributed by atoms with van der Waals surface area (Å²) in [6.45, 7) is 3.17. The summed E-state index contributed by atoms with van der Waals surface area (Å²) in [6.07, 6.45) is 2.36. The summed E-state index contributed by atoms with van der Waals surface area (Å²) in [6, 6.07) is 20.8. The number of H-pyrrole nitrogens is 1. The molecule has 0 spiro atoms. The maximum atomic E-state index is 13.4. The van der Waals surface area contributed by atoms with E-state index in [1.54, 1.807) is 13.8 Å². The van der Waals surface area contributed by atoms with Crippen LogP contribution in [-0.2, 0) is 27.2 Å².